The van der Waals surface area contributed by atoms with Crippen LogP contribution in [-0.4, -0.2) is 41.1 Å². The van der Waals surface area contributed by atoms with E-state index in [1.165, 1.54) is 0 Å². The number of hydrogen-bond donors (Lipinski definition) is 2. The predicted octanol–water partition coefficient (Wildman–Crippen LogP) is 2.22. The summed E-state index contributed by atoms with van der Waals surface area (Å²) in [6, 6.07) is 5.71. The topological polar surface area (TPSA) is 81.1 Å². The molecule has 0 bridgehead atoms. The first-order valence-corrected chi connectivity index (χ1v) is 8.28. The number of benzene rings is 1. The minimum Gasteiger partial charge on any atom is -0.495 e. The first kappa shape index (κ1) is 19.5. The zero-order valence-corrected chi connectivity index (χ0v) is 15.4. The molecule has 25 heavy (non-hydrogen) atoms. The zero-order valence-electron chi connectivity index (χ0n) is 13.9. The van der Waals surface area contributed by atoms with Crippen LogP contribution in [0.4, 0.5) is 0 Å². The summed E-state index contributed by atoms with van der Waals surface area (Å²) in [6.07, 6.45) is 3.70. The number of carbonyl (C=O) groups is 1. The Morgan fingerprint density at radius 1 is 1.44 bits per heavy atom. The number of carbonyl (C=O) groups excluding carboxylic acids is 1. The monoisotopic (exact) mass is 385 g/mol. The van der Waals surface area contributed by atoms with Crippen LogP contribution in [0, 0.1) is 0 Å². The van der Waals surface area contributed by atoms with Gasteiger partial charge in [0.15, 0.2) is 5.69 Å². The Kier molecular flexibility index (Phi) is 7.04. The van der Waals surface area contributed by atoms with Gasteiger partial charge in [0, 0.05) is 6.54 Å². The lowest BCUT2D eigenvalue weighted by Crippen LogP contribution is -2.29. The van der Waals surface area contributed by atoms with E-state index in [4.69, 9.17) is 16.3 Å². The van der Waals surface area contributed by atoms with E-state index in [1.807, 2.05) is 6.07 Å². The number of halogens is 2. The van der Waals surface area contributed by atoms with Crippen LogP contribution in [0.1, 0.15) is 34.9 Å². The molecular weight excluding hydrogens is 365 g/mol. The van der Waals surface area contributed by atoms with E-state index in [0.717, 1.165) is 31.5 Å². The Labute approximate surface area is 157 Å². The van der Waals surface area contributed by atoms with Gasteiger partial charge in [-0.3, -0.25) is 4.79 Å². The molecule has 9 heteroatoms. The van der Waals surface area contributed by atoms with Gasteiger partial charge in [-0.15, -0.1) is 17.5 Å². The van der Waals surface area contributed by atoms with Crippen molar-refractivity contribution in [2.45, 2.75) is 25.4 Å². The molecule has 1 aromatic carbocycles. The molecule has 0 saturated carbocycles. The van der Waals surface area contributed by atoms with Crippen molar-refractivity contribution >= 4 is 29.9 Å². The number of ether oxygens (including phenoxy) is 1. The molecule has 2 aromatic rings. The summed E-state index contributed by atoms with van der Waals surface area (Å²) in [4.78, 5) is 12.2. The number of aromatic nitrogens is 3. The lowest BCUT2D eigenvalue weighted by atomic mass is 10.1. The van der Waals surface area contributed by atoms with E-state index in [9.17, 15) is 4.79 Å². The van der Waals surface area contributed by atoms with E-state index in [0.29, 0.717) is 29.1 Å². The van der Waals surface area contributed by atoms with Gasteiger partial charge in [-0.1, -0.05) is 22.9 Å². The number of nitrogens with zero attached hydrogens (tertiary/aromatic N) is 3. The summed E-state index contributed by atoms with van der Waals surface area (Å²) < 4.78 is 6.90. The average Bonchev–Trinajstić information content (AvgIpc) is 3.11. The Morgan fingerprint density at radius 2 is 2.20 bits per heavy atom. The van der Waals surface area contributed by atoms with Gasteiger partial charge in [0.1, 0.15) is 5.75 Å². The second-order valence-electron chi connectivity index (χ2n) is 5.72. The molecule has 1 aliphatic heterocycles. The third-order valence-corrected chi connectivity index (χ3v) is 4.39. The normalized spacial score (nSPS) is 14.6. The van der Waals surface area contributed by atoms with Gasteiger partial charge >= 0.3 is 0 Å². The second-order valence-corrected chi connectivity index (χ2v) is 6.12. The smallest absolute Gasteiger partial charge is 0.273 e. The molecule has 0 atom stereocenters. The van der Waals surface area contributed by atoms with Crippen molar-refractivity contribution < 1.29 is 9.53 Å². The highest BCUT2D eigenvalue weighted by molar-refractivity contribution is 6.32. The van der Waals surface area contributed by atoms with Crippen molar-refractivity contribution in [2.24, 2.45) is 0 Å². The van der Waals surface area contributed by atoms with Crippen LogP contribution in [-0.2, 0) is 6.54 Å². The molecule has 0 unspecified atom stereocenters. The molecular formula is C16H21Cl2N5O2. The van der Waals surface area contributed by atoms with Crippen molar-refractivity contribution in [3.8, 4) is 5.75 Å². The van der Waals surface area contributed by atoms with E-state index in [1.54, 1.807) is 30.1 Å². The highest BCUT2D eigenvalue weighted by Crippen LogP contribution is 2.24. The quantitative estimate of drug-likeness (QED) is 0.824. The highest BCUT2D eigenvalue weighted by atomic mass is 35.5. The summed E-state index contributed by atoms with van der Waals surface area (Å²) in [5, 5.41) is 14.7. The molecule has 1 aliphatic rings. The summed E-state index contributed by atoms with van der Waals surface area (Å²) in [5.41, 5.74) is 1.22. The first-order valence-electron chi connectivity index (χ1n) is 7.90. The molecule has 1 aromatic heterocycles. The van der Waals surface area contributed by atoms with E-state index < -0.39 is 0 Å². The summed E-state index contributed by atoms with van der Waals surface area (Å²) in [6.45, 7) is 2.29. The largest absolute Gasteiger partial charge is 0.495 e. The third-order valence-electron chi connectivity index (χ3n) is 4.09. The number of rotatable bonds is 5. The fourth-order valence-corrected chi connectivity index (χ4v) is 3.00. The molecule has 136 valence electrons. The molecule has 0 aliphatic carbocycles. The van der Waals surface area contributed by atoms with E-state index >= 15 is 0 Å². The van der Waals surface area contributed by atoms with Crippen LogP contribution < -0.4 is 15.4 Å². The molecule has 2 N–H and O–H groups in total. The minimum atomic E-state index is -0.248. The number of methoxy groups -OCH3 is 1. The minimum absolute atomic E-state index is 0. The predicted molar refractivity (Wildman–Crippen MR) is 97.6 cm³/mol. The average molecular weight is 386 g/mol. The maximum Gasteiger partial charge on any atom is 0.273 e. The molecule has 1 amide bonds. The Balaban J connectivity index is 0.00000225. The van der Waals surface area contributed by atoms with Gasteiger partial charge in [0.2, 0.25) is 0 Å². The van der Waals surface area contributed by atoms with Gasteiger partial charge < -0.3 is 15.4 Å². The molecule has 2 heterocycles. The van der Waals surface area contributed by atoms with E-state index in [2.05, 4.69) is 20.9 Å². The standard InChI is InChI=1S/C16H20ClN5O2.ClH/c1-24-15-3-2-11(8-13(15)17)9-19-16(23)14-10-22(21-20-14)12-4-6-18-7-5-12;/h2-3,8,10,12,18H,4-7,9H2,1H3,(H,19,23);1H. The fraction of sp³-hybridized carbons (Fsp3) is 0.438. The van der Waals surface area contributed by atoms with Crippen molar-refractivity contribution in [1.82, 2.24) is 25.6 Å². The molecule has 7 nitrogen and oxygen atoms in total. The Bertz CT molecular complexity index is 716. The van der Waals surface area contributed by atoms with Gasteiger partial charge in [-0.25, -0.2) is 4.68 Å². The molecule has 1 saturated heterocycles. The van der Waals surface area contributed by atoms with Gasteiger partial charge in [0.25, 0.3) is 5.91 Å². The molecule has 0 spiro atoms. The van der Waals surface area contributed by atoms with E-state index in [-0.39, 0.29) is 18.3 Å². The molecule has 0 radical (unpaired) electrons. The van der Waals surface area contributed by atoms with Crippen molar-refractivity contribution in [1.29, 1.82) is 0 Å². The summed E-state index contributed by atoms with van der Waals surface area (Å²) in [7, 11) is 1.56. The van der Waals surface area contributed by atoms with Gasteiger partial charge in [-0.2, -0.15) is 0 Å². The van der Waals surface area contributed by atoms with Crippen molar-refractivity contribution in [3.05, 3.63) is 40.7 Å². The second kappa shape index (κ2) is 9.03. The lowest BCUT2D eigenvalue weighted by molar-refractivity contribution is 0.0946. The van der Waals surface area contributed by atoms with Gasteiger partial charge in [-0.05, 0) is 43.6 Å². The summed E-state index contributed by atoms with van der Waals surface area (Å²) >= 11 is 6.08. The number of hydrogen-bond acceptors (Lipinski definition) is 5. The number of amides is 1. The summed E-state index contributed by atoms with van der Waals surface area (Å²) in [5.74, 6) is 0.360. The number of piperidine rings is 1. The molecule has 1 fully saturated rings. The maximum atomic E-state index is 12.2. The SMILES string of the molecule is COc1ccc(CNC(=O)c2cn(C3CCNCC3)nn2)cc1Cl.Cl. The van der Waals surface area contributed by atoms with Crippen LogP contribution in [0.25, 0.3) is 0 Å². The highest BCUT2D eigenvalue weighted by Gasteiger charge is 2.18. The lowest BCUT2D eigenvalue weighted by Gasteiger charge is -2.22. The van der Waals surface area contributed by atoms with Crippen molar-refractivity contribution in [3.63, 3.8) is 0 Å². The fourth-order valence-electron chi connectivity index (χ4n) is 2.72. The first-order chi connectivity index (χ1) is 11.7. The Morgan fingerprint density at radius 3 is 2.88 bits per heavy atom. The third kappa shape index (κ3) is 4.84. The van der Waals surface area contributed by atoms with Crippen LogP contribution in [0.3, 0.4) is 0 Å². The van der Waals surface area contributed by atoms with Crippen LogP contribution in [0.5, 0.6) is 5.75 Å². The number of nitrogens with one attached hydrogen (secondary N) is 2. The van der Waals surface area contributed by atoms with Crippen molar-refractivity contribution in [2.75, 3.05) is 20.2 Å². The van der Waals surface area contributed by atoms with Gasteiger partial charge in [0.05, 0.1) is 24.4 Å². The van der Waals surface area contributed by atoms with Crippen LogP contribution >= 0.6 is 24.0 Å². The Hall–Kier alpha value is -1.83. The molecule has 3 rings (SSSR count). The maximum absolute atomic E-state index is 12.2. The zero-order chi connectivity index (χ0) is 16.9. The van der Waals surface area contributed by atoms with Crippen LogP contribution in [0.2, 0.25) is 5.02 Å². The van der Waals surface area contributed by atoms with Crippen LogP contribution in [0.15, 0.2) is 24.4 Å².